The molecule has 0 radical (unpaired) electrons. The van der Waals surface area contributed by atoms with Crippen LogP contribution in [0.5, 0.6) is 0 Å². The molecule has 4 N–H and O–H groups in total. The van der Waals surface area contributed by atoms with Gasteiger partial charge in [0.2, 0.25) is 5.91 Å². The van der Waals surface area contributed by atoms with Crippen molar-refractivity contribution in [2.24, 2.45) is 0 Å². The number of carbonyl (C=O) groups is 3. The normalized spacial score (nSPS) is 18.2. The fourth-order valence-corrected chi connectivity index (χ4v) is 1.58. The molecular formula is C11H18N2O6. The van der Waals surface area contributed by atoms with Crippen LogP contribution in [-0.4, -0.2) is 59.4 Å². The van der Waals surface area contributed by atoms with Crippen LogP contribution in [0.4, 0.5) is 0 Å². The lowest BCUT2D eigenvalue weighted by atomic mass is 10.0. The Hall–Kier alpha value is -1.67. The Morgan fingerprint density at radius 2 is 2.00 bits per heavy atom. The van der Waals surface area contributed by atoms with Gasteiger partial charge in [-0.3, -0.25) is 9.59 Å². The van der Waals surface area contributed by atoms with Gasteiger partial charge >= 0.3 is 11.9 Å². The van der Waals surface area contributed by atoms with Gasteiger partial charge in [-0.1, -0.05) is 0 Å². The highest BCUT2D eigenvalue weighted by Gasteiger charge is 2.33. The van der Waals surface area contributed by atoms with E-state index in [1.807, 2.05) is 6.92 Å². The van der Waals surface area contributed by atoms with Gasteiger partial charge in [0.25, 0.3) is 0 Å². The lowest BCUT2D eigenvalue weighted by Crippen LogP contribution is -2.60. The van der Waals surface area contributed by atoms with Crippen molar-refractivity contribution in [3.8, 4) is 0 Å². The predicted octanol–water partition coefficient (Wildman–Crippen LogP) is -1.20. The highest BCUT2D eigenvalue weighted by molar-refractivity contribution is 5.84. The van der Waals surface area contributed by atoms with Crippen LogP contribution in [0.3, 0.4) is 0 Å². The fraction of sp³-hybridized carbons (Fsp3) is 0.727. The van der Waals surface area contributed by atoms with Crippen molar-refractivity contribution in [2.45, 2.75) is 31.4 Å². The third-order valence-electron chi connectivity index (χ3n) is 2.83. The van der Waals surface area contributed by atoms with E-state index in [0.29, 0.717) is 13.1 Å². The molecule has 0 aromatic rings. The molecule has 0 bridgehead atoms. The Kier molecular flexibility index (Phi) is 5.25. The minimum absolute atomic E-state index is 0.158. The summed E-state index contributed by atoms with van der Waals surface area (Å²) in [6.45, 7) is 2.88. The summed E-state index contributed by atoms with van der Waals surface area (Å²) < 4.78 is 5.35. The summed E-state index contributed by atoms with van der Waals surface area (Å²) in [5.41, 5.74) is -0.392. The molecule has 19 heavy (non-hydrogen) atoms. The molecule has 0 saturated carbocycles. The zero-order valence-corrected chi connectivity index (χ0v) is 10.6. The van der Waals surface area contributed by atoms with E-state index in [9.17, 15) is 14.4 Å². The van der Waals surface area contributed by atoms with Crippen LogP contribution >= 0.6 is 0 Å². The van der Waals surface area contributed by atoms with Crippen LogP contribution in [0, 0.1) is 0 Å². The number of ether oxygens (including phenoxy) is 1. The van der Waals surface area contributed by atoms with Gasteiger partial charge < -0.3 is 25.6 Å². The zero-order chi connectivity index (χ0) is 14.5. The Balaban J connectivity index is 2.33. The molecule has 8 heteroatoms. The average molecular weight is 274 g/mol. The Bertz CT molecular complexity index is 366. The predicted molar refractivity (Wildman–Crippen MR) is 63.7 cm³/mol. The maximum Gasteiger partial charge on any atom is 0.326 e. The maximum atomic E-state index is 11.5. The molecule has 1 rings (SSSR count). The minimum atomic E-state index is -1.26. The molecule has 1 atom stereocenters. The molecule has 0 aromatic carbocycles. The largest absolute Gasteiger partial charge is 0.481 e. The van der Waals surface area contributed by atoms with Crippen molar-refractivity contribution in [3.63, 3.8) is 0 Å². The van der Waals surface area contributed by atoms with Gasteiger partial charge in [0.1, 0.15) is 12.6 Å². The molecule has 1 heterocycles. The molecule has 108 valence electrons. The highest BCUT2D eigenvalue weighted by Crippen LogP contribution is 2.14. The van der Waals surface area contributed by atoms with E-state index in [-0.39, 0.29) is 19.4 Å². The first-order valence-electron chi connectivity index (χ1n) is 5.91. The lowest BCUT2D eigenvalue weighted by Gasteiger charge is -2.38. The molecule has 0 aromatic heterocycles. The third kappa shape index (κ3) is 5.23. The number of amides is 1. The quantitative estimate of drug-likeness (QED) is 0.438. The van der Waals surface area contributed by atoms with Gasteiger partial charge in [-0.25, -0.2) is 4.79 Å². The molecule has 8 nitrogen and oxygen atoms in total. The van der Waals surface area contributed by atoms with E-state index in [1.165, 1.54) is 0 Å². The van der Waals surface area contributed by atoms with E-state index in [4.69, 9.17) is 14.9 Å². The van der Waals surface area contributed by atoms with Crippen molar-refractivity contribution < 1.29 is 29.3 Å². The molecule has 0 aliphatic carbocycles. The number of aliphatic carboxylic acids is 2. The van der Waals surface area contributed by atoms with Crippen molar-refractivity contribution in [1.29, 1.82) is 0 Å². The lowest BCUT2D eigenvalue weighted by molar-refractivity contribution is -0.146. The number of carbonyl (C=O) groups excluding carboxylic acids is 1. The summed E-state index contributed by atoms with van der Waals surface area (Å²) in [5, 5.41) is 22.6. The summed E-state index contributed by atoms with van der Waals surface area (Å²) in [5.74, 6) is -2.93. The molecule has 1 fully saturated rings. The number of hydrogen-bond acceptors (Lipinski definition) is 5. The van der Waals surface area contributed by atoms with Crippen LogP contribution in [0.15, 0.2) is 0 Å². The number of carboxylic acid groups (broad SMARTS) is 2. The first kappa shape index (κ1) is 15.4. The zero-order valence-electron chi connectivity index (χ0n) is 10.6. The SMILES string of the molecule is CC1(OCC(=O)N[C@@H](CCC(=O)O)C(=O)O)CNC1. The molecule has 1 aliphatic heterocycles. The van der Waals surface area contributed by atoms with E-state index >= 15 is 0 Å². The summed E-state index contributed by atoms with van der Waals surface area (Å²) in [7, 11) is 0. The van der Waals surface area contributed by atoms with Crippen LogP contribution in [0.1, 0.15) is 19.8 Å². The van der Waals surface area contributed by atoms with Crippen molar-refractivity contribution in [2.75, 3.05) is 19.7 Å². The molecule has 0 unspecified atom stereocenters. The van der Waals surface area contributed by atoms with Gasteiger partial charge in [-0.2, -0.15) is 0 Å². The van der Waals surface area contributed by atoms with Crippen LogP contribution in [0.2, 0.25) is 0 Å². The van der Waals surface area contributed by atoms with Crippen molar-refractivity contribution in [3.05, 3.63) is 0 Å². The average Bonchev–Trinajstić information content (AvgIpc) is 2.28. The monoisotopic (exact) mass is 274 g/mol. The second kappa shape index (κ2) is 6.48. The number of nitrogens with one attached hydrogen (secondary N) is 2. The first-order valence-corrected chi connectivity index (χ1v) is 5.91. The topological polar surface area (TPSA) is 125 Å². The Morgan fingerprint density at radius 1 is 1.37 bits per heavy atom. The van der Waals surface area contributed by atoms with Gasteiger partial charge in [0.15, 0.2) is 0 Å². The number of carboxylic acids is 2. The molecule has 1 amide bonds. The minimum Gasteiger partial charge on any atom is -0.481 e. The van der Waals surface area contributed by atoms with Gasteiger partial charge in [0.05, 0.1) is 5.60 Å². The standard InChI is InChI=1S/C11H18N2O6/c1-11(5-12-6-11)19-4-8(14)13-7(10(17)18)2-3-9(15)16/h7,12H,2-6H2,1H3,(H,13,14)(H,15,16)(H,17,18)/t7-/m0/s1. The second-order valence-electron chi connectivity index (χ2n) is 4.73. The van der Waals surface area contributed by atoms with Gasteiger partial charge in [-0.15, -0.1) is 0 Å². The summed E-state index contributed by atoms with van der Waals surface area (Å²) in [4.78, 5) is 32.8. The Morgan fingerprint density at radius 3 is 2.42 bits per heavy atom. The van der Waals surface area contributed by atoms with E-state index < -0.39 is 29.5 Å². The fourth-order valence-electron chi connectivity index (χ4n) is 1.58. The van der Waals surface area contributed by atoms with Gasteiger partial charge in [0, 0.05) is 19.5 Å². The molecule has 1 saturated heterocycles. The summed E-state index contributed by atoms with van der Waals surface area (Å²) in [6, 6.07) is -1.21. The molecular weight excluding hydrogens is 256 g/mol. The summed E-state index contributed by atoms with van der Waals surface area (Å²) >= 11 is 0. The van der Waals surface area contributed by atoms with Crippen LogP contribution in [0.25, 0.3) is 0 Å². The Labute approximate surface area is 110 Å². The van der Waals surface area contributed by atoms with Crippen molar-refractivity contribution in [1.82, 2.24) is 10.6 Å². The number of rotatable bonds is 8. The van der Waals surface area contributed by atoms with E-state index in [0.717, 1.165) is 0 Å². The van der Waals surface area contributed by atoms with Gasteiger partial charge in [-0.05, 0) is 13.3 Å². The maximum absolute atomic E-state index is 11.5. The highest BCUT2D eigenvalue weighted by atomic mass is 16.5. The number of hydrogen-bond donors (Lipinski definition) is 4. The van der Waals surface area contributed by atoms with Crippen LogP contribution in [-0.2, 0) is 19.1 Å². The van der Waals surface area contributed by atoms with E-state index in [1.54, 1.807) is 0 Å². The van der Waals surface area contributed by atoms with Crippen LogP contribution < -0.4 is 10.6 Å². The summed E-state index contributed by atoms with van der Waals surface area (Å²) in [6.07, 6.45) is -0.477. The van der Waals surface area contributed by atoms with E-state index in [2.05, 4.69) is 10.6 Å². The molecule has 1 aliphatic rings. The molecule has 0 spiro atoms. The van der Waals surface area contributed by atoms with Crippen molar-refractivity contribution >= 4 is 17.8 Å². The third-order valence-corrected chi connectivity index (χ3v) is 2.83. The smallest absolute Gasteiger partial charge is 0.326 e. The second-order valence-corrected chi connectivity index (χ2v) is 4.73. The first-order chi connectivity index (χ1) is 8.82.